The fourth-order valence-electron chi connectivity index (χ4n) is 1.70. The van der Waals surface area contributed by atoms with Gasteiger partial charge in [-0.05, 0) is 24.6 Å². The van der Waals surface area contributed by atoms with Crippen molar-refractivity contribution in [1.29, 1.82) is 0 Å². The molecule has 0 aliphatic rings. The van der Waals surface area contributed by atoms with E-state index in [4.69, 9.17) is 5.11 Å². The summed E-state index contributed by atoms with van der Waals surface area (Å²) in [5.41, 5.74) is 1.76. The van der Waals surface area contributed by atoms with E-state index >= 15 is 0 Å². The van der Waals surface area contributed by atoms with Gasteiger partial charge in [0.05, 0.1) is 17.8 Å². The van der Waals surface area contributed by atoms with Crippen LogP contribution in [0.3, 0.4) is 0 Å². The first-order chi connectivity index (χ1) is 10.1. The Morgan fingerprint density at radius 3 is 2.86 bits per heavy atom. The molecular weight excluding hydrogens is 272 g/mol. The number of aromatic nitrogens is 3. The lowest BCUT2D eigenvalue weighted by Crippen LogP contribution is -2.26. The van der Waals surface area contributed by atoms with E-state index in [0.29, 0.717) is 11.1 Å². The van der Waals surface area contributed by atoms with Gasteiger partial charge in [-0.1, -0.05) is 0 Å². The zero-order chi connectivity index (χ0) is 15.2. The van der Waals surface area contributed by atoms with Crippen molar-refractivity contribution in [3.63, 3.8) is 0 Å². The van der Waals surface area contributed by atoms with Gasteiger partial charge in [0, 0.05) is 30.2 Å². The van der Waals surface area contributed by atoms with Crippen LogP contribution in [0.25, 0.3) is 6.08 Å². The van der Waals surface area contributed by atoms with Gasteiger partial charge in [0.25, 0.3) is 5.91 Å². The minimum atomic E-state index is -1.06. The van der Waals surface area contributed by atoms with Crippen LogP contribution in [0.4, 0.5) is 0 Å². The third-order valence-corrected chi connectivity index (χ3v) is 2.81. The lowest BCUT2D eigenvalue weighted by atomic mass is 10.1. The second-order valence-corrected chi connectivity index (χ2v) is 4.41. The molecule has 21 heavy (non-hydrogen) atoms. The Morgan fingerprint density at radius 1 is 1.38 bits per heavy atom. The van der Waals surface area contributed by atoms with Gasteiger partial charge < -0.3 is 10.4 Å². The number of hydrogen-bond donors (Lipinski definition) is 3. The minimum absolute atomic E-state index is 0.200. The molecule has 2 rings (SSSR count). The third-order valence-electron chi connectivity index (χ3n) is 2.81. The highest BCUT2D eigenvalue weighted by atomic mass is 16.4. The van der Waals surface area contributed by atoms with Crippen molar-refractivity contribution in [2.75, 3.05) is 0 Å². The normalized spacial score (nSPS) is 12.2. The van der Waals surface area contributed by atoms with Gasteiger partial charge in [-0.2, -0.15) is 5.10 Å². The molecule has 0 bridgehead atoms. The summed E-state index contributed by atoms with van der Waals surface area (Å²) in [5, 5.41) is 17.9. The highest BCUT2D eigenvalue weighted by Gasteiger charge is 2.12. The van der Waals surface area contributed by atoms with Crippen molar-refractivity contribution in [2.24, 2.45) is 0 Å². The molecule has 108 valence electrons. The predicted octanol–water partition coefficient (Wildman–Crippen LogP) is 1.39. The standard InChI is InChI=1S/C14H14N4O3/c1-9(12-7-16-17-8-12)18-14(21)11-4-10(5-15-6-11)2-3-13(19)20/h2-9H,1H3,(H,16,17)(H,18,21)(H,19,20)/b3-2+. The molecule has 2 heterocycles. The van der Waals surface area contributed by atoms with Crippen LogP contribution in [0.2, 0.25) is 0 Å². The van der Waals surface area contributed by atoms with Gasteiger partial charge in [-0.15, -0.1) is 0 Å². The van der Waals surface area contributed by atoms with Gasteiger partial charge in [0.1, 0.15) is 0 Å². The number of H-pyrrole nitrogens is 1. The number of amides is 1. The second kappa shape index (κ2) is 6.47. The number of carbonyl (C=O) groups excluding carboxylic acids is 1. The number of carbonyl (C=O) groups is 2. The van der Waals surface area contributed by atoms with Crippen molar-refractivity contribution in [3.8, 4) is 0 Å². The first-order valence-electron chi connectivity index (χ1n) is 6.22. The molecule has 1 amide bonds. The third kappa shape index (κ3) is 4.00. The maximum atomic E-state index is 12.1. The Kier molecular flexibility index (Phi) is 4.45. The lowest BCUT2D eigenvalue weighted by Gasteiger charge is -2.12. The lowest BCUT2D eigenvalue weighted by molar-refractivity contribution is -0.131. The molecule has 1 unspecified atom stereocenters. The molecule has 0 radical (unpaired) electrons. The molecule has 0 spiro atoms. The van der Waals surface area contributed by atoms with E-state index in [0.717, 1.165) is 11.6 Å². The number of rotatable bonds is 5. The van der Waals surface area contributed by atoms with Crippen LogP contribution in [0.15, 0.2) is 36.9 Å². The smallest absolute Gasteiger partial charge is 0.328 e. The Balaban J connectivity index is 2.09. The molecule has 0 fully saturated rings. The molecule has 1 atom stereocenters. The monoisotopic (exact) mass is 286 g/mol. The maximum absolute atomic E-state index is 12.1. The molecule has 2 aromatic rings. The fourth-order valence-corrected chi connectivity index (χ4v) is 1.70. The van der Waals surface area contributed by atoms with Crippen molar-refractivity contribution in [2.45, 2.75) is 13.0 Å². The first kappa shape index (κ1) is 14.4. The Bertz CT molecular complexity index is 665. The molecule has 2 aromatic heterocycles. The van der Waals surface area contributed by atoms with Gasteiger partial charge in [-0.25, -0.2) is 4.79 Å². The van der Waals surface area contributed by atoms with Crippen LogP contribution in [0, 0.1) is 0 Å². The van der Waals surface area contributed by atoms with Crippen LogP contribution in [0.5, 0.6) is 0 Å². The largest absolute Gasteiger partial charge is 0.478 e. The van der Waals surface area contributed by atoms with E-state index in [2.05, 4.69) is 20.5 Å². The average Bonchev–Trinajstić information content (AvgIpc) is 2.99. The van der Waals surface area contributed by atoms with Crippen LogP contribution in [0.1, 0.15) is 34.5 Å². The number of nitrogens with one attached hydrogen (secondary N) is 2. The molecular formula is C14H14N4O3. The van der Waals surface area contributed by atoms with E-state index < -0.39 is 5.97 Å². The van der Waals surface area contributed by atoms with E-state index in [1.54, 1.807) is 18.5 Å². The Labute approximate surface area is 120 Å². The van der Waals surface area contributed by atoms with E-state index in [9.17, 15) is 9.59 Å². The number of hydrogen-bond acceptors (Lipinski definition) is 4. The summed E-state index contributed by atoms with van der Waals surface area (Å²) in [6.07, 6.45) is 8.62. The van der Waals surface area contributed by atoms with Crippen LogP contribution in [-0.2, 0) is 4.79 Å². The van der Waals surface area contributed by atoms with E-state index in [-0.39, 0.29) is 11.9 Å². The van der Waals surface area contributed by atoms with Crippen LogP contribution < -0.4 is 5.32 Å². The molecule has 0 saturated carbocycles. The Morgan fingerprint density at radius 2 is 2.19 bits per heavy atom. The summed E-state index contributed by atoms with van der Waals surface area (Å²) in [7, 11) is 0. The zero-order valence-electron chi connectivity index (χ0n) is 11.3. The van der Waals surface area contributed by atoms with Crippen LogP contribution in [-0.4, -0.2) is 32.2 Å². The summed E-state index contributed by atoms with van der Waals surface area (Å²) in [6.45, 7) is 1.84. The number of pyridine rings is 1. The topological polar surface area (TPSA) is 108 Å². The molecule has 3 N–H and O–H groups in total. The summed E-state index contributed by atoms with van der Waals surface area (Å²) < 4.78 is 0. The molecule has 7 nitrogen and oxygen atoms in total. The highest BCUT2D eigenvalue weighted by Crippen LogP contribution is 2.11. The summed E-state index contributed by atoms with van der Waals surface area (Å²) >= 11 is 0. The summed E-state index contributed by atoms with van der Waals surface area (Å²) in [4.78, 5) is 26.5. The zero-order valence-corrected chi connectivity index (χ0v) is 11.3. The molecule has 0 aromatic carbocycles. The Hall–Kier alpha value is -2.96. The van der Waals surface area contributed by atoms with Crippen molar-refractivity contribution < 1.29 is 14.7 Å². The van der Waals surface area contributed by atoms with Gasteiger partial charge in [-0.3, -0.25) is 14.9 Å². The van der Waals surface area contributed by atoms with Gasteiger partial charge in [0.2, 0.25) is 0 Å². The molecule has 0 aliphatic carbocycles. The first-order valence-corrected chi connectivity index (χ1v) is 6.22. The van der Waals surface area contributed by atoms with Crippen molar-refractivity contribution in [1.82, 2.24) is 20.5 Å². The maximum Gasteiger partial charge on any atom is 0.328 e. The minimum Gasteiger partial charge on any atom is -0.478 e. The average molecular weight is 286 g/mol. The molecule has 7 heteroatoms. The van der Waals surface area contributed by atoms with E-state index in [1.165, 1.54) is 18.5 Å². The number of carboxylic acids is 1. The number of aliphatic carboxylic acids is 1. The quantitative estimate of drug-likeness (QED) is 0.720. The number of aromatic amines is 1. The second-order valence-electron chi connectivity index (χ2n) is 4.41. The van der Waals surface area contributed by atoms with Gasteiger partial charge >= 0.3 is 5.97 Å². The van der Waals surface area contributed by atoms with Crippen molar-refractivity contribution in [3.05, 3.63) is 53.6 Å². The summed E-state index contributed by atoms with van der Waals surface area (Å²) in [6, 6.07) is 1.37. The fraction of sp³-hybridized carbons (Fsp3) is 0.143. The van der Waals surface area contributed by atoms with Crippen LogP contribution >= 0.6 is 0 Å². The van der Waals surface area contributed by atoms with Crippen molar-refractivity contribution >= 4 is 18.0 Å². The van der Waals surface area contributed by atoms with Gasteiger partial charge in [0.15, 0.2) is 0 Å². The highest BCUT2D eigenvalue weighted by molar-refractivity contribution is 5.95. The summed E-state index contributed by atoms with van der Waals surface area (Å²) in [5.74, 6) is -1.35. The molecule has 0 saturated heterocycles. The number of carboxylic acid groups (broad SMARTS) is 1. The predicted molar refractivity (Wildman–Crippen MR) is 75.4 cm³/mol. The molecule has 0 aliphatic heterocycles. The van der Waals surface area contributed by atoms with E-state index in [1.807, 2.05) is 6.92 Å². The SMILES string of the molecule is CC(NC(=O)c1cncc(/C=C/C(=O)O)c1)c1cn[nH]c1. The number of nitrogens with zero attached hydrogens (tertiary/aromatic N) is 2.